The fraction of sp³-hybridized carbons (Fsp3) is 0.231. The van der Waals surface area contributed by atoms with Crippen LogP contribution in [0.2, 0.25) is 0 Å². The molecule has 0 N–H and O–H groups in total. The molecule has 8 heteroatoms. The number of carbonyl (C=O) groups is 1. The lowest BCUT2D eigenvalue weighted by Gasteiger charge is -2.30. The number of Topliss-reactive ketones (excluding diaryl/α,β-unsaturated/α-hetero) is 1. The van der Waals surface area contributed by atoms with Crippen molar-refractivity contribution in [1.29, 1.82) is 0 Å². The van der Waals surface area contributed by atoms with Gasteiger partial charge in [0.25, 0.3) is 0 Å². The standard InChI is InChI=1S/C26H23N3O5/c1-33-20-13-12-17(14-21(20)34-2)22-24(29(31)32)23-19-11-7-6-10-18(19)15-27-28(23)25(22)26(30)16-8-4-3-5-9-16/h3-15,22-25H,1-2H3/t22-,23-,24+,25-/m0/s1. The molecule has 5 rings (SSSR count). The third-order valence-corrected chi connectivity index (χ3v) is 6.61. The first-order valence-corrected chi connectivity index (χ1v) is 10.9. The summed E-state index contributed by atoms with van der Waals surface area (Å²) in [5.41, 5.74) is 2.70. The van der Waals surface area contributed by atoms with Crippen molar-refractivity contribution >= 4 is 12.0 Å². The highest BCUT2D eigenvalue weighted by atomic mass is 16.6. The average Bonchev–Trinajstić information content (AvgIpc) is 3.24. The summed E-state index contributed by atoms with van der Waals surface area (Å²) in [6, 6.07) is 18.9. The number of hydrogen-bond acceptors (Lipinski definition) is 7. The average molecular weight is 457 g/mol. The molecule has 1 fully saturated rings. The van der Waals surface area contributed by atoms with Gasteiger partial charge in [0.1, 0.15) is 12.1 Å². The Morgan fingerprint density at radius 2 is 1.68 bits per heavy atom. The van der Waals surface area contributed by atoms with E-state index in [2.05, 4.69) is 5.10 Å². The summed E-state index contributed by atoms with van der Waals surface area (Å²) in [6.45, 7) is 0. The van der Waals surface area contributed by atoms with Crippen LogP contribution in [-0.2, 0) is 0 Å². The van der Waals surface area contributed by atoms with Gasteiger partial charge in [0.2, 0.25) is 6.04 Å². The molecule has 0 saturated carbocycles. The van der Waals surface area contributed by atoms with Crippen molar-refractivity contribution in [3.63, 3.8) is 0 Å². The van der Waals surface area contributed by atoms with Gasteiger partial charge in [-0.1, -0.05) is 60.7 Å². The quantitative estimate of drug-likeness (QED) is 0.314. The van der Waals surface area contributed by atoms with Crippen LogP contribution >= 0.6 is 0 Å². The van der Waals surface area contributed by atoms with Crippen LogP contribution in [0.1, 0.15) is 39.0 Å². The van der Waals surface area contributed by atoms with Crippen LogP contribution < -0.4 is 9.47 Å². The van der Waals surface area contributed by atoms with Crippen LogP contribution in [0.3, 0.4) is 0 Å². The van der Waals surface area contributed by atoms with E-state index in [4.69, 9.17) is 9.47 Å². The number of hydrazone groups is 1. The molecule has 2 aliphatic heterocycles. The highest BCUT2D eigenvalue weighted by molar-refractivity contribution is 6.01. The molecule has 4 atom stereocenters. The number of methoxy groups -OCH3 is 2. The fourth-order valence-corrected chi connectivity index (χ4v) is 5.12. The maximum Gasteiger partial charge on any atom is 0.248 e. The number of fused-ring (bicyclic) bond motifs is 3. The van der Waals surface area contributed by atoms with E-state index in [9.17, 15) is 14.9 Å². The van der Waals surface area contributed by atoms with E-state index in [-0.39, 0.29) is 10.7 Å². The van der Waals surface area contributed by atoms with Gasteiger partial charge >= 0.3 is 0 Å². The maximum absolute atomic E-state index is 13.8. The third kappa shape index (κ3) is 3.39. The minimum absolute atomic E-state index is 0.216. The van der Waals surface area contributed by atoms with Crippen LogP contribution in [-0.4, -0.2) is 48.2 Å². The molecule has 0 aromatic heterocycles. The molecular weight excluding hydrogens is 434 g/mol. The topological polar surface area (TPSA) is 94.3 Å². The van der Waals surface area contributed by atoms with E-state index in [1.807, 2.05) is 30.3 Å². The van der Waals surface area contributed by atoms with Crippen molar-refractivity contribution in [1.82, 2.24) is 5.01 Å². The molecule has 8 nitrogen and oxygen atoms in total. The molecule has 0 bridgehead atoms. The molecule has 0 spiro atoms. The molecule has 1 saturated heterocycles. The van der Waals surface area contributed by atoms with Crippen molar-refractivity contribution in [3.8, 4) is 11.5 Å². The molecule has 172 valence electrons. The molecule has 0 radical (unpaired) electrons. The Morgan fingerprint density at radius 1 is 0.971 bits per heavy atom. The minimum Gasteiger partial charge on any atom is -0.493 e. The first kappa shape index (κ1) is 21.6. The minimum atomic E-state index is -1.10. The second-order valence-corrected chi connectivity index (χ2v) is 8.29. The van der Waals surface area contributed by atoms with E-state index in [0.717, 1.165) is 11.1 Å². The molecule has 0 unspecified atom stereocenters. The van der Waals surface area contributed by atoms with Gasteiger partial charge in [-0.05, 0) is 23.3 Å². The summed E-state index contributed by atoms with van der Waals surface area (Å²) in [7, 11) is 3.04. The molecule has 0 aliphatic carbocycles. The smallest absolute Gasteiger partial charge is 0.248 e. The van der Waals surface area contributed by atoms with E-state index in [0.29, 0.717) is 22.6 Å². The Bertz CT molecular complexity index is 1280. The van der Waals surface area contributed by atoms with E-state index >= 15 is 0 Å². The van der Waals surface area contributed by atoms with E-state index in [1.54, 1.807) is 53.7 Å². The monoisotopic (exact) mass is 457 g/mol. The van der Waals surface area contributed by atoms with Gasteiger partial charge in [-0.3, -0.25) is 19.9 Å². The van der Waals surface area contributed by atoms with Gasteiger partial charge in [0.05, 0.1) is 26.4 Å². The molecule has 2 heterocycles. The zero-order chi connectivity index (χ0) is 23.8. The summed E-state index contributed by atoms with van der Waals surface area (Å²) < 4.78 is 10.8. The zero-order valence-corrected chi connectivity index (χ0v) is 18.7. The number of benzene rings is 3. The number of carbonyl (C=O) groups excluding carboxylic acids is 1. The fourth-order valence-electron chi connectivity index (χ4n) is 5.12. The van der Waals surface area contributed by atoms with Gasteiger partial charge in [-0.2, -0.15) is 5.10 Å². The Morgan fingerprint density at radius 3 is 2.38 bits per heavy atom. The van der Waals surface area contributed by atoms with Crippen molar-refractivity contribution in [2.24, 2.45) is 5.10 Å². The normalized spacial score (nSPS) is 22.6. The van der Waals surface area contributed by atoms with Crippen molar-refractivity contribution in [3.05, 3.63) is 105 Å². The summed E-state index contributed by atoms with van der Waals surface area (Å²) in [5, 5.41) is 18.8. The van der Waals surface area contributed by atoms with Crippen LogP contribution in [0.25, 0.3) is 0 Å². The van der Waals surface area contributed by atoms with Crippen molar-refractivity contribution in [2.75, 3.05) is 14.2 Å². The molecule has 3 aromatic rings. The number of ketones is 1. The van der Waals surface area contributed by atoms with Crippen LogP contribution in [0, 0.1) is 10.1 Å². The van der Waals surface area contributed by atoms with Crippen molar-refractivity contribution < 1.29 is 19.2 Å². The Kier molecular flexibility index (Phi) is 5.49. The Labute approximate surface area is 196 Å². The maximum atomic E-state index is 13.8. The second-order valence-electron chi connectivity index (χ2n) is 8.29. The van der Waals surface area contributed by atoms with Gasteiger partial charge in [0.15, 0.2) is 17.3 Å². The number of nitrogens with zero attached hydrogens (tertiary/aromatic N) is 3. The lowest BCUT2D eigenvalue weighted by molar-refractivity contribution is -0.529. The molecule has 3 aromatic carbocycles. The van der Waals surface area contributed by atoms with Gasteiger partial charge in [0, 0.05) is 16.1 Å². The van der Waals surface area contributed by atoms with Gasteiger partial charge < -0.3 is 9.47 Å². The predicted octanol–water partition coefficient (Wildman–Crippen LogP) is 4.09. The predicted molar refractivity (Wildman–Crippen MR) is 126 cm³/mol. The van der Waals surface area contributed by atoms with Crippen molar-refractivity contribution in [2.45, 2.75) is 24.0 Å². The van der Waals surface area contributed by atoms with Crippen LogP contribution in [0.4, 0.5) is 0 Å². The number of rotatable bonds is 6. The number of hydrogen-bond donors (Lipinski definition) is 0. The summed E-state index contributed by atoms with van der Waals surface area (Å²) in [6.07, 6.45) is 1.67. The van der Waals surface area contributed by atoms with Crippen LogP contribution in [0.5, 0.6) is 11.5 Å². The van der Waals surface area contributed by atoms with Crippen LogP contribution in [0.15, 0.2) is 77.9 Å². The largest absolute Gasteiger partial charge is 0.493 e. The molecule has 34 heavy (non-hydrogen) atoms. The second kappa shape index (κ2) is 8.62. The first-order chi connectivity index (χ1) is 16.5. The van der Waals surface area contributed by atoms with E-state index in [1.165, 1.54) is 14.2 Å². The molecular formula is C26H23N3O5. The van der Waals surface area contributed by atoms with E-state index < -0.39 is 24.0 Å². The SMILES string of the molecule is COc1ccc([C@H]2[C@@H]([N+](=O)[O-])[C@@H]3c4ccccc4C=NN3[C@@H]2C(=O)c2ccccc2)cc1OC. The first-order valence-electron chi connectivity index (χ1n) is 10.9. The lowest BCUT2D eigenvalue weighted by Crippen LogP contribution is -2.38. The molecule has 2 aliphatic rings. The molecule has 0 amide bonds. The highest BCUT2D eigenvalue weighted by Crippen LogP contribution is 2.50. The Balaban J connectivity index is 1.72. The van der Waals surface area contributed by atoms with Gasteiger partial charge in [-0.25, -0.2) is 0 Å². The lowest BCUT2D eigenvalue weighted by atomic mass is 9.82. The zero-order valence-electron chi connectivity index (χ0n) is 18.7. The summed E-state index contributed by atoms with van der Waals surface area (Å²) in [4.78, 5) is 26.2. The Hall–Kier alpha value is -4.20. The number of nitro groups is 1. The highest BCUT2D eigenvalue weighted by Gasteiger charge is 2.60. The third-order valence-electron chi connectivity index (χ3n) is 6.61. The van der Waals surface area contributed by atoms with Gasteiger partial charge in [-0.15, -0.1) is 0 Å². The number of ether oxygens (including phenoxy) is 2. The summed E-state index contributed by atoms with van der Waals surface area (Å²) in [5.74, 6) is -0.0298. The summed E-state index contributed by atoms with van der Waals surface area (Å²) >= 11 is 0.